The van der Waals surface area contributed by atoms with Crippen molar-refractivity contribution in [2.24, 2.45) is 0 Å². The van der Waals surface area contributed by atoms with Gasteiger partial charge in [0.1, 0.15) is 13.1 Å². The van der Waals surface area contributed by atoms with E-state index in [1.165, 1.54) is 30.6 Å². The van der Waals surface area contributed by atoms with Crippen LogP contribution < -0.4 is 0 Å². The van der Waals surface area contributed by atoms with Gasteiger partial charge in [-0.25, -0.2) is 4.59 Å². The van der Waals surface area contributed by atoms with Crippen molar-refractivity contribution in [2.45, 2.75) is 13.3 Å². The number of likely N-dealkylation sites (N-methyl/N-ethyl adjacent to an activating group) is 1. The van der Waals surface area contributed by atoms with Crippen molar-refractivity contribution in [1.29, 1.82) is 0 Å². The molecule has 0 radical (unpaired) electrons. The fourth-order valence-electron chi connectivity index (χ4n) is 1.05. The lowest BCUT2D eigenvalue weighted by Gasteiger charge is -2.23. The summed E-state index contributed by atoms with van der Waals surface area (Å²) < 4.78 is 1.17. The van der Waals surface area contributed by atoms with E-state index < -0.39 is 0 Å². The Hall–Kier alpha value is -0.0800. The smallest absolute Gasteiger partial charge is 0.148 e. The van der Waals surface area contributed by atoms with Crippen LogP contribution in [-0.4, -0.2) is 43.3 Å². The lowest BCUT2D eigenvalue weighted by atomic mass is 10.5. The second kappa shape index (κ2) is 2.27. The quantitative estimate of drug-likeness (QED) is 0.400. The number of rotatable bonds is 3. The Labute approximate surface area is 57.6 Å². The van der Waals surface area contributed by atoms with Crippen molar-refractivity contribution in [1.82, 2.24) is 5.01 Å². The molecule has 54 valence electrons. The van der Waals surface area contributed by atoms with Gasteiger partial charge in [0.05, 0.1) is 7.05 Å². The Kier molecular flexibility index (Phi) is 1.78. The number of nitrogens with zero attached hydrogens (tertiary/aromatic N) is 2. The van der Waals surface area contributed by atoms with Gasteiger partial charge in [-0.15, -0.1) is 0 Å². The maximum Gasteiger partial charge on any atom is 0.148 e. The zero-order valence-electron chi connectivity index (χ0n) is 6.72. The second-order valence-corrected chi connectivity index (χ2v) is 3.17. The molecule has 9 heavy (non-hydrogen) atoms. The van der Waals surface area contributed by atoms with Gasteiger partial charge in [-0.05, 0) is 6.42 Å². The molecule has 1 aliphatic rings. The van der Waals surface area contributed by atoms with Gasteiger partial charge in [0, 0.05) is 13.6 Å². The molecule has 2 nitrogen and oxygen atoms in total. The third kappa shape index (κ3) is 1.43. The Bertz CT molecular complexity index is 97.1. The molecule has 1 heterocycles. The van der Waals surface area contributed by atoms with Crippen molar-refractivity contribution in [2.75, 3.05) is 33.7 Å². The maximum atomic E-state index is 2.42. The van der Waals surface area contributed by atoms with Gasteiger partial charge in [0.2, 0.25) is 0 Å². The second-order valence-electron chi connectivity index (χ2n) is 3.17. The Balaban J connectivity index is 2.24. The number of hydrogen-bond acceptors (Lipinski definition) is 1. The molecular formula is C7H17N2+. The Morgan fingerprint density at radius 2 is 2.00 bits per heavy atom. The van der Waals surface area contributed by atoms with Gasteiger partial charge >= 0.3 is 0 Å². The van der Waals surface area contributed by atoms with Gasteiger partial charge < -0.3 is 0 Å². The first-order valence-corrected chi connectivity index (χ1v) is 3.75. The molecule has 0 saturated carbocycles. The van der Waals surface area contributed by atoms with E-state index in [0.29, 0.717) is 0 Å². The topological polar surface area (TPSA) is 3.24 Å². The van der Waals surface area contributed by atoms with Gasteiger partial charge in [-0.3, -0.25) is 0 Å². The molecule has 0 spiro atoms. The van der Waals surface area contributed by atoms with Crippen LogP contribution in [0.15, 0.2) is 0 Å². The first-order chi connectivity index (χ1) is 4.19. The van der Waals surface area contributed by atoms with Crippen LogP contribution in [-0.2, 0) is 0 Å². The standard InChI is InChI=1S/C7H17N2/c1-4-5-8(2)9(3)6-7-9/h4-7H2,1-3H3/q+1. The molecule has 0 unspecified atom stereocenters. The van der Waals surface area contributed by atoms with Crippen LogP contribution in [0.3, 0.4) is 0 Å². The molecule has 1 aliphatic heterocycles. The van der Waals surface area contributed by atoms with E-state index >= 15 is 0 Å². The fraction of sp³-hybridized carbons (Fsp3) is 1.00. The normalized spacial score (nSPS) is 22.7. The van der Waals surface area contributed by atoms with E-state index in [2.05, 4.69) is 26.0 Å². The number of hydrogen-bond donors (Lipinski definition) is 0. The summed E-state index contributed by atoms with van der Waals surface area (Å²) >= 11 is 0. The molecule has 0 atom stereocenters. The average molecular weight is 129 g/mol. The highest BCUT2D eigenvalue weighted by molar-refractivity contribution is 4.49. The van der Waals surface area contributed by atoms with Crippen molar-refractivity contribution in [3.63, 3.8) is 0 Å². The van der Waals surface area contributed by atoms with Crippen molar-refractivity contribution in [3.05, 3.63) is 0 Å². The fourth-order valence-corrected chi connectivity index (χ4v) is 1.05. The largest absolute Gasteiger partial charge is 0.236 e. The van der Waals surface area contributed by atoms with E-state index in [4.69, 9.17) is 0 Å². The predicted molar refractivity (Wildman–Crippen MR) is 38.8 cm³/mol. The first kappa shape index (κ1) is 7.03. The molecule has 0 bridgehead atoms. The summed E-state index contributed by atoms with van der Waals surface area (Å²) in [7, 11) is 4.49. The summed E-state index contributed by atoms with van der Waals surface area (Å²) in [5.41, 5.74) is 0. The summed E-state index contributed by atoms with van der Waals surface area (Å²) in [4.78, 5) is 0. The highest BCUT2D eigenvalue weighted by Crippen LogP contribution is 2.19. The minimum absolute atomic E-state index is 1.17. The molecule has 1 saturated heterocycles. The third-order valence-electron chi connectivity index (χ3n) is 2.24. The van der Waals surface area contributed by atoms with Crippen molar-refractivity contribution < 1.29 is 4.59 Å². The van der Waals surface area contributed by atoms with Gasteiger partial charge in [0.15, 0.2) is 0 Å². The highest BCUT2D eigenvalue weighted by atomic mass is 15.8. The van der Waals surface area contributed by atoms with Crippen LogP contribution in [0.5, 0.6) is 0 Å². The monoisotopic (exact) mass is 129 g/mol. The maximum absolute atomic E-state index is 2.42. The van der Waals surface area contributed by atoms with Gasteiger partial charge in [-0.1, -0.05) is 6.92 Å². The van der Waals surface area contributed by atoms with Crippen LogP contribution in [0.1, 0.15) is 13.3 Å². The van der Waals surface area contributed by atoms with Crippen molar-refractivity contribution >= 4 is 0 Å². The molecular weight excluding hydrogens is 112 g/mol. The molecule has 0 aliphatic carbocycles. The predicted octanol–water partition coefficient (Wildman–Crippen LogP) is 0.703. The van der Waals surface area contributed by atoms with E-state index in [9.17, 15) is 0 Å². The van der Waals surface area contributed by atoms with Crippen LogP contribution in [0.25, 0.3) is 0 Å². The Morgan fingerprint density at radius 1 is 1.44 bits per heavy atom. The summed E-state index contributed by atoms with van der Waals surface area (Å²) in [6.07, 6.45) is 1.27. The number of quaternary nitrogens is 1. The summed E-state index contributed by atoms with van der Waals surface area (Å²) in [6, 6.07) is 0. The summed E-state index contributed by atoms with van der Waals surface area (Å²) in [5, 5.41) is 2.42. The highest BCUT2D eigenvalue weighted by Gasteiger charge is 2.41. The van der Waals surface area contributed by atoms with E-state index in [-0.39, 0.29) is 0 Å². The third-order valence-corrected chi connectivity index (χ3v) is 2.24. The van der Waals surface area contributed by atoms with Crippen LogP contribution in [0.4, 0.5) is 0 Å². The van der Waals surface area contributed by atoms with Crippen LogP contribution in [0.2, 0.25) is 0 Å². The summed E-state index contributed by atoms with van der Waals surface area (Å²) in [6.45, 7) is 6.15. The molecule has 0 aromatic heterocycles. The molecule has 2 heteroatoms. The zero-order valence-corrected chi connectivity index (χ0v) is 6.72. The first-order valence-electron chi connectivity index (χ1n) is 3.75. The van der Waals surface area contributed by atoms with Crippen LogP contribution >= 0.6 is 0 Å². The average Bonchev–Trinajstić information content (AvgIpc) is 2.50. The van der Waals surface area contributed by atoms with Gasteiger partial charge in [0.25, 0.3) is 0 Å². The van der Waals surface area contributed by atoms with Crippen LogP contribution in [0, 0.1) is 0 Å². The minimum Gasteiger partial charge on any atom is -0.236 e. The molecule has 0 amide bonds. The van der Waals surface area contributed by atoms with E-state index in [1.807, 2.05) is 0 Å². The zero-order chi connectivity index (χ0) is 6.91. The summed E-state index contributed by atoms with van der Waals surface area (Å²) in [5.74, 6) is 0. The molecule has 0 N–H and O–H groups in total. The lowest BCUT2D eigenvalue weighted by molar-refractivity contribution is -0.903. The molecule has 0 aromatic carbocycles. The van der Waals surface area contributed by atoms with Gasteiger partial charge in [-0.2, -0.15) is 5.01 Å². The lowest BCUT2D eigenvalue weighted by Crippen LogP contribution is -2.39. The molecule has 1 fully saturated rings. The minimum atomic E-state index is 1.17. The SMILES string of the molecule is CCCN(C)[N+]1(C)CC1. The Morgan fingerprint density at radius 3 is 2.33 bits per heavy atom. The van der Waals surface area contributed by atoms with E-state index in [0.717, 1.165) is 0 Å². The van der Waals surface area contributed by atoms with Crippen molar-refractivity contribution in [3.8, 4) is 0 Å². The molecule has 0 aromatic rings. The van der Waals surface area contributed by atoms with E-state index in [1.54, 1.807) is 0 Å². The molecule has 1 rings (SSSR count).